The maximum atomic E-state index is 12.6. The van der Waals surface area contributed by atoms with E-state index < -0.39 is 0 Å². The van der Waals surface area contributed by atoms with Gasteiger partial charge in [-0.15, -0.1) is 16.8 Å². The van der Waals surface area contributed by atoms with E-state index >= 15 is 0 Å². The lowest BCUT2D eigenvalue weighted by Crippen LogP contribution is -2.17. The summed E-state index contributed by atoms with van der Waals surface area (Å²) in [4.78, 5) is 12.6. The SMILES string of the molecule is C=CCn1c(COc2ccccc2)nnc1SCC(=O)Nc1c(C)cccc1CC. The molecule has 0 aliphatic heterocycles. The third-order valence-corrected chi connectivity index (χ3v) is 5.52. The number of aryl methyl sites for hydroxylation is 2. The Balaban J connectivity index is 1.64. The van der Waals surface area contributed by atoms with Crippen molar-refractivity contribution < 1.29 is 9.53 Å². The van der Waals surface area contributed by atoms with Gasteiger partial charge in [0.1, 0.15) is 12.4 Å². The Bertz CT molecular complexity index is 1000. The highest BCUT2D eigenvalue weighted by molar-refractivity contribution is 7.99. The third-order valence-electron chi connectivity index (χ3n) is 4.55. The van der Waals surface area contributed by atoms with Gasteiger partial charge >= 0.3 is 0 Å². The van der Waals surface area contributed by atoms with Gasteiger partial charge in [-0.05, 0) is 36.6 Å². The van der Waals surface area contributed by atoms with E-state index in [2.05, 4.69) is 29.0 Å². The highest BCUT2D eigenvalue weighted by Crippen LogP contribution is 2.23. The van der Waals surface area contributed by atoms with Crippen LogP contribution in [0.15, 0.2) is 66.3 Å². The van der Waals surface area contributed by atoms with Gasteiger partial charge in [0, 0.05) is 12.2 Å². The van der Waals surface area contributed by atoms with E-state index in [4.69, 9.17) is 4.74 Å². The van der Waals surface area contributed by atoms with Crippen molar-refractivity contribution in [3.63, 3.8) is 0 Å². The molecule has 0 saturated heterocycles. The molecule has 1 N–H and O–H groups in total. The van der Waals surface area contributed by atoms with Crippen LogP contribution in [-0.2, 0) is 24.4 Å². The topological polar surface area (TPSA) is 69.0 Å². The molecule has 0 radical (unpaired) electrons. The highest BCUT2D eigenvalue weighted by Gasteiger charge is 2.15. The van der Waals surface area contributed by atoms with Crippen LogP contribution < -0.4 is 10.1 Å². The molecular weight excluding hydrogens is 396 g/mol. The molecule has 6 nitrogen and oxygen atoms in total. The van der Waals surface area contributed by atoms with Gasteiger partial charge in [-0.1, -0.05) is 61.2 Å². The van der Waals surface area contributed by atoms with Crippen LogP contribution in [0, 0.1) is 6.92 Å². The van der Waals surface area contributed by atoms with Crippen LogP contribution >= 0.6 is 11.8 Å². The Morgan fingerprint density at radius 3 is 2.73 bits per heavy atom. The molecule has 3 aromatic rings. The molecule has 30 heavy (non-hydrogen) atoms. The van der Waals surface area contributed by atoms with Crippen LogP contribution in [0.5, 0.6) is 5.75 Å². The lowest BCUT2D eigenvalue weighted by Gasteiger charge is -2.13. The maximum Gasteiger partial charge on any atom is 0.234 e. The molecule has 156 valence electrons. The predicted octanol–water partition coefficient (Wildman–Crippen LogP) is 4.64. The largest absolute Gasteiger partial charge is 0.486 e. The standard InChI is InChI=1S/C23H26N4O2S/c1-4-14-27-20(15-29-19-12-7-6-8-13-19)25-26-23(27)30-16-21(28)24-22-17(3)10-9-11-18(22)5-2/h4,6-13H,1,5,14-16H2,2-3H3,(H,24,28). The number of thioether (sulfide) groups is 1. The number of hydrogen-bond donors (Lipinski definition) is 1. The number of ether oxygens (including phenoxy) is 1. The monoisotopic (exact) mass is 422 g/mol. The van der Waals surface area contributed by atoms with Gasteiger partial charge in [-0.25, -0.2) is 0 Å². The van der Waals surface area contributed by atoms with Gasteiger partial charge in [-0.2, -0.15) is 0 Å². The number of para-hydroxylation sites is 2. The Morgan fingerprint density at radius 1 is 1.20 bits per heavy atom. The molecule has 0 saturated carbocycles. The van der Waals surface area contributed by atoms with E-state index in [0.29, 0.717) is 24.1 Å². The van der Waals surface area contributed by atoms with Crippen molar-refractivity contribution in [1.82, 2.24) is 14.8 Å². The van der Waals surface area contributed by atoms with Crippen molar-refractivity contribution in [2.75, 3.05) is 11.1 Å². The minimum atomic E-state index is -0.0701. The molecule has 3 rings (SSSR count). The van der Waals surface area contributed by atoms with Crippen molar-refractivity contribution in [3.8, 4) is 5.75 Å². The van der Waals surface area contributed by atoms with Crippen molar-refractivity contribution in [2.24, 2.45) is 0 Å². The van der Waals surface area contributed by atoms with E-state index in [1.54, 1.807) is 6.08 Å². The molecule has 1 aromatic heterocycles. The fourth-order valence-corrected chi connectivity index (χ4v) is 3.78. The number of aromatic nitrogens is 3. The lowest BCUT2D eigenvalue weighted by atomic mass is 10.1. The molecular formula is C23H26N4O2S. The first-order chi connectivity index (χ1) is 14.6. The van der Waals surface area contributed by atoms with E-state index in [1.165, 1.54) is 11.8 Å². The molecule has 0 atom stereocenters. The zero-order chi connectivity index (χ0) is 21.3. The minimum Gasteiger partial charge on any atom is -0.486 e. The van der Waals surface area contributed by atoms with Gasteiger partial charge in [0.2, 0.25) is 5.91 Å². The highest BCUT2D eigenvalue weighted by atomic mass is 32.2. The molecule has 7 heteroatoms. The van der Waals surface area contributed by atoms with Gasteiger partial charge in [0.15, 0.2) is 11.0 Å². The van der Waals surface area contributed by atoms with Gasteiger partial charge in [0.25, 0.3) is 0 Å². The Kier molecular flexibility index (Phi) is 7.68. The molecule has 1 heterocycles. The average Bonchev–Trinajstić information content (AvgIpc) is 3.15. The number of carbonyl (C=O) groups is 1. The zero-order valence-corrected chi connectivity index (χ0v) is 18.1. The Hall–Kier alpha value is -3.06. The van der Waals surface area contributed by atoms with E-state index in [1.807, 2.05) is 60.0 Å². The summed E-state index contributed by atoms with van der Waals surface area (Å²) in [6, 6.07) is 15.6. The number of nitrogens with zero attached hydrogens (tertiary/aromatic N) is 3. The van der Waals surface area contributed by atoms with E-state index in [0.717, 1.165) is 29.0 Å². The molecule has 0 fully saturated rings. The number of hydrogen-bond acceptors (Lipinski definition) is 5. The van der Waals surface area contributed by atoms with Crippen molar-refractivity contribution in [3.05, 3.63) is 78.1 Å². The summed E-state index contributed by atoms with van der Waals surface area (Å²) < 4.78 is 7.71. The normalized spacial score (nSPS) is 10.6. The summed E-state index contributed by atoms with van der Waals surface area (Å²) in [6.07, 6.45) is 2.64. The number of benzene rings is 2. The summed E-state index contributed by atoms with van der Waals surface area (Å²) in [7, 11) is 0. The average molecular weight is 423 g/mol. The Labute approximate surface area is 181 Å². The third kappa shape index (κ3) is 5.51. The minimum absolute atomic E-state index is 0.0701. The molecule has 0 spiro atoms. The molecule has 0 aliphatic rings. The van der Waals surface area contributed by atoms with Crippen LogP contribution in [0.1, 0.15) is 23.9 Å². The number of allylic oxidation sites excluding steroid dienone is 1. The number of amides is 1. The second-order valence-corrected chi connectivity index (χ2v) is 7.64. The van der Waals surface area contributed by atoms with Crippen molar-refractivity contribution in [1.29, 1.82) is 0 Å². The van der Waals surface area contributed by atoms with Crippen LogP contribution in [0.3, 0.4) is 0 Å². The summed E-state index contributed by atoms with van der Waals surface area (Å²) in [5.41, 5.74) is 3.08. The fourth-order valence-electron chi connectivity index (χ4n) is 3.02. The Morgan fingerprint density at radius 2 is 2.00 bits per heavy atom. The van der Waals surface area contributed by atoms with Crippen LogP contribution in [0.4, 0.5) is 5.69 Å². The zero-order valence-electron chi connectivity index (χ0n) is 17.3. The van der Waals surface area contributed by atoms with Gasteiger partial charge in [-0.3, -0.25) is 9.36 Å². The van der Waals surface area contributed by atoms with Gasteiger partial charge < -0.3 is 10.1 Å². The number of rotatable bonds is 10. The summed E-state index contributed by atoms with van der Waals surface area (Å²) in [6.45, 7) is 8.73. The first-order valence-corrected chi connectivity index (χ1v) is 10.8. The van der Waals surface area contributed by atoms with Crippen LogP contribution in [0.2, 0.25) is 0 Å². The number of nitrogens with one attached hydrogen (secondary N) is 1. The van der Waals surface area contributed by atoms with Gasteiger partial charge in [0.05, 0.1) is 5.75 Å². The first kappa shape index (κ1) is 21.6. The first-order valence-electron chi connectivity index (χ1n) is 9.84. The summed E-state index contributed by atoms with van der Waals surface area (Å²) in [5.74, 6) is 1.63. The van der Waals surface area contributed by atoms with E-state index in [9.17, 15) is 4.79 Å². The molecule has 1 amide bonds. The van der Waals surface area contributed by atoms with Crippen molar-refractivity contribution >= 4 is 23.4 Å². The quantitative estimate of drug-likeness (QED) is 0.381. The molecule has 0 bridgehead atoms. The molecule has 2 aromatic carbocycles. The maximum absolute atomic E-state index is 12.6. The molecule has 0 aliphatic carbocycles. The molecule has 0 unspecified atom stereocenters. The lowest BCUT2D eigenvalue weighted by molar-refractivity contribution is -0.113. The summed E-state index contributed by atoms with van der Waals surface area (Å²) in [5, 5.41) is 12.2. The van der Waals surface area contributed by atoms with E-state index in [-0.39, 0.29) is 11.7 Å². The fraction of sp³-hybridized carbons (Fsp3) is 0.261. The second kappa shape index (κ2) is 10.6. The second-order valence-electron chi connectivity index (χ2n) is 6.70. The summed E-state index contributed by atoms with van der Waals surface area (Å²) >= 11 is 1.35. The predicted molar refractivity (Wildman–Crippen MR) is 121 cm³/mol. The number of carbonyl (C=O) groups excluding carboxylic acids is 1. The van der Waals surface area contributed by atoms with Crippen molar-refractivity contribution in [2.45, 2.75) is 38.6 Å². The van der Waals surface area contributed by atoms with Crippen LogP contribution in [0.25, 0.3) is 0 Å². The van der Waals surface area contributed by atoms with Crippen LogP contribution in [-0.4, -0.2) is 26.4 Å². The smallest absolute Gasteiger partial charge is 0.234 e. The number of anilines is 1.